The Morgan fingerprint density at radius 2 is 1.68 bits per heavy atom. The topological polar surface area (TPSA) is 154 Å². The summed E-state index contributed by atoms with van der Waals surface area (Å²) >= 11 is 0. The number of nitrogens with two attached hydrogens (primary N) is 1. The van der Waals surface area contributed by atoms with E-state index in [0.29, 0.717) is 48.9 Å². The normalized spacial score (nSPS) is 22.9. The van der Waals surface area contributed by atoms with E-state index < -0.39 is 24.3 Å². The number of halogens is 2. The first-order valence-electron chi connectivity index (χ1n) is 14.7. The van der Waals surface area contributed by atoms with Crippen molar-refractivity contribution in [2.24, 2.45) is 5.73 Å². The molecule has 13 heteroatoms. The molecule has 0 radical (unpaired) electrons. The van der Waals surface area contributed by atoms with Gasteiger partial charge in [0, 0.05) is 38.0 Å². The summed E-state index contributed by atoms with van der Waals surface area (Å²) in [5.41, 5.74) is 9.71. The number of amides is 1. The van der Waals surface area contributed by atoms with E-state index in [0.717, 1.165) is 13.0 Å². The van der Waals surface area contributed by atoms with Crippen LogP contribution in [0, 0.1) is 0 Å². The number of aliphatic hydroxyl groups excluding tert-OH is 2. The van der Waals surface area contributed by atoms with Crippen LogP contribution in [0.1, 0.15) is 49.3 Å². The molecule has 1 saturated heterocycles. The lowest BCUT2D eigenvalue weighted by molar-refractivity contribution is -0.122. The Bertz CT molecular complexity index is 1490. The predicted molar refractivity (Wildman–Crippen MR) is 176 cm³/mol. The minimum atomic E-state index is -1.10. The van der Waals surface area contributed by atoms with Crippen molar-refractivity contribution in [3.05, 3.63) is 78.1 Å². The van der Waals surface area contributed by atoms with Crippen molar-refractivity contribution in [1.82, 2.24) is 24.8 Å². The van der Waals surface area contributed by atoms with Gasteiger partial charge < -0.3 is 36.0 Å². The summed E-state index contributed by atoms with van der Waals surface area (Å²) in [6.45, 7) is 3.71. The van der Waals surface area contributed by atoms with Gasteiger partial charge in [0.15, 0.2) is 17.0 Å². The molecule has 0 spiro atoms. The van der Waals surface area contributed by atoms with Gasteiger partial charge >= 0.3 is 0 Å². The molecule has 11 nitrogen and oxygen atoms in total. The number of anilines is 2. The summed E-state index contributed by atoms with van der Waals surface area (Å²) < 4.78 is 1.81. The van der Waals surface area contributed by atoms with Crippen molar-refractivity contribution >= 4 is 53.7 Å². The lowest BCUT2D eigenvalue weighted by Crippen LogP contribution is -2.42. The van der Waals surface area contributed by atoms with Crippen LogP contribution < -0.4 is 21.3 Å². The Labute approximate surface area is 269 Å². The molecule has 6 N–H and O–H groups in total. The fourth-order valence-corrected chi connectivity index (χ4v) is 6.11. The van der Waals surface area contributed by atoms with Crippen LogP contribution in [0.5, 0.6) is 0 Å². The summed E-state index contributed by atoms with van der Waals surface area (Å²) in [5.74, 6) is 1.03. The summed E-state index contributed by atoms with van der Waals surface area (Å²) in [4.78, 5) is 28.6. The Balaban J connectivity index is 0.00000221. The van der Waals surface area contributed by atoms with E-state index in [1.54, 1.807) is 17.8 Å². The highest BCUT2D eigenvalue weighted by Gasteiger charge is 2.44. The van der Waals surface area contributed by atoms with E-state index in [1.165, 1.54) is 11.1 Å². The fourth-order valence-electron chi connectivity index (χ4n) is 6.11. The van der Waals surface area contributed by atoms with Crippen LogP contribution in [0.15, 0.2) is 67.0 Å². The number of fused-ring (bicyclic) bond motifs is 1. The van der Waals surface area contributed by atoms with E-state index in [4.69, 9.17) is 15.7 Å². The Morgan fingerprint density at radius 3 is 2.27 bits per heavy atom. The van der Waals surface area contributed by atoms with Gasteiger partial charge in [0.25, 0.3) is 0 Å². The number of nitrogens with one attached hydrogen (secondary N) is 2. The van der Waals surface area contributed by atoms with Crippen LogP contribution in [-0.2, 0) is 4.79 Å². The first kappa shape index (κ1) is 33.4. The second-order valence-corrected chi connectivity index (χ2v) is 11.3. The highest BCUT2D eigenvalue weighted by atomic mass is 35.5. The molecule has 6 rings (SSSR count). The molecule has 2 aliphatic rings. The van der Waals surface area contributed by atoms with Crippen LogP contribution in [-0.4, -0.2) is 79.6 Å². The minimum absolute atomic E-state index is 0. The zero-order valence-corrected chi connectivity index (χ0v) is 26.1. The largest absolute Gasteiger partial charge is 0.388 e. The van der Waals surface area contributed by atoms with Gasteiger partial charge in [0.1, 0.15) is 12.2 Å². The summed E-state index contributed by atoms with van der Waals surface area (Å²) in [6.07, 6.45) is 0.936. The van der Waals surface area contributed by atoms with Crippen LogP contribution in [0.25, 0.3) is 11.2 Å². The number of carbonyl (C=O) groups excluding carboxylic acids is 1. The van der Waals surface area contributed by atoms with Crippen molar-refractivity contribution in [3.63, 3.8) is 0 Å². The average Bonchev–Trinajstić information content (AvgIpc) is 3.72. The van der Waals surface area contributed by atoms with Gasteiger partial charge in [0.05, 0.1) is 18.4 Å². The molecule has 2 aromatic carbocycles. The van der Waals surface area contributed by atoms with Gasteiger partial charge in [-0.3, -0.25) is 4.79 Å². The number of aliphatic hydroxyl groups is 2. The molecular weight excluding hydrogens is 603 g/mol. The van der Waals surface area contributed by atoms with E-state index >= 15 is 0 Å². The van der Waals surface area contributed by atoms with Gasteiger partial charge in [0.2, 0.25) is 11.9 Å². The van der Waals surface area contributed by atoms with Crippen LogP contribution in [0.4, 0.5) is 11.8 Å². The SMILES string of the molecule is CCC(=O)N[C@H]1C[C@@H](n2cnc3c(NCC(c4ccccc4)c4ccccc4)nc(N4CC[C@@H](N)C4)nc32)[C@H](O)[C@@H]1O.Cl.Cl. The smallest absolute Gasteiger partial charge is 0.229 e. The predicted octanol–water partition coefficient (Wildman–Crippen LogP) is 3.01. The Morgan fingerprint density at radius 1 is 1.02 bits per heavy atom. The van der Waals surface area contributed by atoms with Crippen LogP contribution >= 0.6 is 24.8 Å². The zero-order valence-electron chi connectivity index (χ0n) is 24.5. The second kappa shape index (κ2) is 14.5. The number of imidazole rings is 1. The van der Waals surface area contributed by atoms with E-state index in [1.807, 2.05) is 36.4 Å². The quantitative estimate of drug-likeness (QED) is 0.185. The first-order valence-corrected chi connectivity index (χ1v) is 14.7. The van der Waals surface area contributed by atoms with Gasteiger partial charge in [-0.05, 0) is 24.0 Å². The number of aromatic nitrogens is 4. The van der Waals surface area contributed by atoms with Gasteiger partial charge in [-0.15, -0.1) is 24.8 Å². The maximum absolute atomic E-state index is 12.1. The molecule has 5 atom stereocenters. The standard InChI is InChI=1S/C31H38N8O3.2ClH/c1-2-25(40)35-23-15-24(28(42)27(23)41)39-18-34-26-29(36-31(37-30(26)39)38-14-13-21(32)17-38)33-16-22(19-9-5-3-6-10-19)20-11-7-4-8-12-20;;/h3-12,18,21-24,27-28,41-42H,2,13-17,32H2,1H3,(H,35,40)(H,33,36,37);2*1H/t21-,23+,24-,27-,28+;;/m1../s1. The number of carbonyl (C=O) groups is 1. The van der Waals surface area contributed by atoms with Crippen molar-refractivity contribution < 1.29 is 15.0 Å². The molecule has 2 aromatic heterocycles. The number of benzene rings is 2. The third-order valence-corrected chi connectivity index (χ3v) is 8.47. The molecule has 4 aromatic rings. The van der Waals surface area contributed by atoms with E-state index in [9.17, 15) is 15.0 Å². The van der Waals surface area contributed by atoms with Crippen LogP contribution in [0.2, 0.25) is 0 Å². The third kappa shape index (κ3) is 6.77. The highest BCUT2D eigenvalue weighted by Crippen LogP contribution is 2.35. The summed E-state index contributed by atoms with van der Waals surface area (Å²) in [6, 6.07) is 19.7. The lowest BCUT2D eigenvalue weighted by Gasteiger charge is -2.22. The number of hydrogen-bond donors (Lipinski definition) is 5. The average molecular weight is 644 g/mol. The molecule has 3 heterocycles. The molecule has 0 unspecified atom stereocenters. The molecule has 1 aliphatic heterocycles. The maximum Gasteiger partial charge on any atom is 0.229 e. The molecule has 236 valence electrons. The molecule has 1 amide bonds. The molecule has 1 saturated carbocycles. The van der Waals surface area contributed by atoms with Crippen molar-refractivity contribution in [2.75, 3.05) is 29.9 Å². The Hall–Kier alpha value is -3.48. The number of rotatable bonds is 9. The third-order valence-electron chi connectivity index (χ3n) is 8.47. The highest BCUT2D eigenvalue weighted by molar-refractivity contribution is 5.86. The van der Waals surface area contributed by atoms with Gasteiger partial charge in [-0.25, -0.2) is 4.98 Å². The van der Waals surface area contributed by atoms with Crippen molar-refractivity contribution in [1.29, 1.82) is 0 Å². The van der Waals surface area contributed by atoms with Crippen molar-refractivity contribution in [2.45, 2.75) is 62.4 Å². The zero-order chi connectivity index (χ0) is 29.2. The van der Waals surface area contributed by atoms with Gasteiger partial charge in [-0.1, -0.05) is 67.6 Å². The molecular formula is C31H40Cl2N8O3. The Kier molecular flexibility index (Phi) is 11.0. The first-order chi connectivity index (χ1) is 20.4. The molecule has 44 heavy (non-hydrogen) atoms. The van der Waals surface area contributed by atoms with Crippen molar-refractivity contribution in [3.8, 4) is 0 Å². The molecule has 0 bridgehead atoms. The molecule has 2 fully saturated rings. The monoisotopic (exact) mass is 642 g/mol. The lowest BCUT2D eigenvalue weighted by atomic mass is 9.91. The van der Waals surface area contributed by atoms with Crippen LogP contribution in [0.3, 0.4) is 0 Å². The summed E-state index contributed by atoms with van der Waals surface area (Å²) in [7, 11) is 0. The number of hydrogen-bond acceptors (Lipinski definition) is 9. The van der Waals surface area contributed by atoms with Gasteiger partial charge in [-0.2, -0.15) is 9.97 Å². The molecule has 1 aliphatic carbocycles. The van der Waals surface area contributed by atoms with E-state index in [-0.39, 0.29) is 42.7 Å². The minimum Gasteiger partial charge on any atom is -0.388 e. The number of nitrogens with zero attached hydrogens (tertiary/aromatic N) is 5. The second-order valence-electron chi connectivity index (χ2n) is 11.3. The maximum atomic E-state index is 12.1. The summed E-state index contributed by atoms with van der Waals surface area (Å²) in [5, 5.41) is 28.2. The fraction of sp³-hybridized carbons (Fsp3) is 0.419. The van der Waals surface area contributed by atoms with E-state index in [2.05, 4.69) is 44.8 Å².